The molecule has 1 aliphatic rings. The molecule has 6 heteroatoms. The van der Waals surface area contributed by atoms with Crippen LogP contribution in [0.3, 0.4) is 0 Å². The fourth-order valence-corrected chi connectivity index (χ4v) is 3.12. The molecule has 27 heavy (non-hydrogen) atoms. The van der Waals surface area contributed by atoms with Crippen LogP contribution in [-0.2, 0) is 6.54 Å². The fourth-order valence-electron chi connectivity index (χ4n) is 3.12. The van der Waals surface area contributed by atoms with Crippen molar-refractivity contribution in [2.24, 2.45) is 10.7 Å². The molecule has 2 aromatic carbocycles. The van der Waals surface area contributed by atoms with Crippen LogP contribution in [0.1, 0.15) is 31.2 Å². The van der Waals surface area contributed by atoms with E-state index in [0.29, 0.717) is 12.5 Å². The lowest BCUT2D eigenvalue weighted by atomic mass is 10.2. The van der Waals surface area contributed by atoms with Crippen molar-refractivity contribution >= 4 is 11.6 Å². The molecule has 1 aliphatic carbocycles. The van der Waals surface area contributed by atoms with Crippen LogP contribution in [0.15, 0.2) is 47.5 Å². The number of anilines is 1. The molecule has 0 radical (unpaired) electrons. The molecule has 0 aliphatic heterocycles. The van der Waals surface area contributed by atoms with E-state index in [9.17, 15) is 0 Å². The quantitative estimate of drug-likeness (QED) is 0.571. The molecule has 0 unspecified atom stereocenters. The SMILES string of the molecule is COc1ccc(NC(N)=NCc2ccc(OC)cc2OC2CCCC2)cc1. The highest BCUT2D eigenvalue weighted by Crippen LogP contribution is 2.30. The second-order valence-electron chi connectivity index (χ2n) is 6.55. The number of methoxy groups -OCH3 is 2. The summed E-state index contributed by atoms with van der Waals surface area (Å²) in [6.45, 7) is 0.432. The van der Waals surface area contributed by atoms with Crippen LogP contribution in [0.5, 0.6) is 17.2 Å². The van der Waals surface area contributed by atoms with Gasteiger partial charge in [0.1, 0.15) is 17.2 Å². The first-order chi connectivity index (χ1) is 13.2. The average molecular weight is 369 g/mol. The summed E-state index contributed by atoms with van der Waals surface area (Å²) in [4.78, 5) is 4.45. The van der Waals surface area contributed by atoms with Gasteiger partial charge >= 0.3 is 0 Å². The van der Waals surface area contributed by atoms with Crippen molar-refractivity contribution < 1.29 is 14.2 Å². The number of ether oxygens (including phenoxy) is 3. The lowest BCUT2D eigenvalue weighted by molar-refractivity contribution is 0.207. The third-order valence-corrected chi connectivity index (χ3v) is 4.65. The normalized spacial score (nSPS) is 14.8. The zero-order valence-electron chi connectivity index (χ0n) is 15.9. The highest BCUT2D eigenvalue weighted by atomic mass is 16.5. The van der Waals surface area contributed by atoms with Crippen LogP contribution < -0.4 is 25.3 Å². The summed E-state index contributed by atoms with van der Waals surface area (Å²) in [5.41, 5.74) is 7.88. The molecular weight excluding hydrogens is 342 g/mol. The molecule has 3 rings (SSSR count). The highest BCUT2D eigenvalue weighted by Gasteiger charge is 2.18. The van der Waals surface area contributed by atoms with Crippen LogP contribution >= 0.6 is 0 Å². The van der Waals surface area contributed by atoms with Gasteiger partial charge < -0.3 is 25.3 Å². The summed E-state index contributed by atoms with van der Waals surface area (Å²) in [5, 5.41) is 3.09. The van der Waals surface area contributed by atoms with E-state index in [1.165, 1.54) is 12.8 Å². The zero-order chi connectivity index (χ0) is 19.1. The maximum Gasteiger partial charge on any atom is 0.193 e. The highest BCUT2D eigenvalue weighted by molar-refractivity contribution is 5.92. The van der Waals surface area contributed by atoms with Crippen LogP contribution in [0, 0.1) is 0 Å². The summed E-state index contributed by atoms with van der Waals surface area (Å²) in [5.74, 6) is 2.74. The Bertz CT molecular complexity index is 769. The first kappa shape index (κ1) is 18.9. The molecule has 0 amide bonds. The van der Waals surface area contributed by atoms with Crippen molar-refractivity contribution in [1.82, 2.24) is 0 Å². The van der Waals surface area contributed by atoms with Crippen LogP contribution in [-0.4, -0.2) is 26.3 Å². The van der Waals surface area contributed by atoms with Gasteiger partial charge in [0.15, 0.2) is 5.96 Å². The monoisotopic (exact) mass is 369 g/mol. The predicted octanol–water partition coefficient (Wildman–Crippen LogP) is 3.95. The largest absolute Gasteiger partial charge is 0.497 e. The van der Waals surface area contributed by atoms with Gasteiger partial charge in [-0.25, -0.2) is 4.99 Å². The van der Waals surface area contributed by atoms with Gasteiger partial charge in [-0.1, -0.05) is 0 Å². The van der Waals surface area contributed by atoms with Crippen LogP contribution in [0.4, 0.5) is 5.69 Å². The Kier molecular flexibility index (Phi) is 6.41. The van der Waals surface area contributed by atoms with Crippen molar-refractivity contribution in [2.45, 2.75) is 38.3 Å². The smallest absolute Gasteiger partial charge is 0.193 e. The number of nitrogens with two attached hydrogens (primary N) is 1. The minimum atomic E-state index is 0.273. The second kappa shape index (κ2) is 9.16. The lowest BCUT2D eigenvalue weighted by Gasteiger charge is -2.17. The Hall–Kier alpha value is -2.89. The van der Waals surface area contributed by atoms with Gasteiger partial charge in [-0.15, -0.1) is 0 Å². The Labute approximate surface area is 160 Å². The van der Waals surface area contributed by atoms with E-state index in [1.807, 2.05) is 42.5 Å². The molecule has 0 heterocycles. The lowest BCUT2D eigenvalue weighted by Crippen LogP contribution is -2.22. The van der Waals surface area contributed by atoms with Crippen LogP contribution in [0.25, 0.3) is 0 Å². The van der Waals surface area contributed by atoms with Gasteiger partial charge in [-0.05, 0) is 62.1 Å². The number of hydrogen-bond donors (Lipinski definition) is 2. The summed E-state index contributed by atoms with van der Waals surface area (Å²) < 4.78 is 16.7. The van der Waals surface area contributed by atoms with Gasteiger partial charge in [0, 0.05) is 17.3 Å². The average Bonchev–Trinajstić information content (AvgIpc) is 3.20. The standard InChI is InChI=1S/C21H27N3O3/c1-25-17-11-8-16(9-12-17)24-21(22)23-14-15-7-10-19(26-2)13-20(15)27-18-5-3-4-6-18/h7-13,18H,3-6,14H2,1-2H3,(H3,22,23,24). The summed E-state index contributed by atoms with van der Waals surface area (Å²) in [6, 6.07) is 13.3. The maximum absolute atomic E-state index is 6.20. The first-order valence-electron chi connectivity index (χ1n) is 9.22. The van der Waals surface area contributed by atoms with Crippen molar-refractivity contribution in [2.75, 3.05) is 19.5 Å². The topological polar surface area (TPSA) is 78.1 Å². The summed E-state index contributed by atoms with van der Waals surface area (Å²) in [6.07, 6.45) is 4.92. The van der Waals surface area contributed by atoms with E-state index < -0.39 is 0 Å². The number of hydrogen-bond acceptors (Lipinski definition) is 4. The van der Waals surface area contributed by atoms with Crippen molar-refractivity contribution in [3.05, 3.63) is 48.0 Å². The van der Waals surface area contributed by atoms with Gasteiger partial charge in [0.2, 0.25) is 0 Å². The first-order valence-corrected chi connectivity index (χ1v) is 9.22. The Balaban J connectivity index is 1.68. The fraction of sp³-hybridized carbons (Fsp3) is 0.381. The maximum atomic E-state index is 6.20. The van der Waals surface area contributed by atoms with Crippen molar-refractivity contribution in [3.63, 3.8) is 0 Å². The molecular formula is C21H27N3O3. The minimum Gasteiger partial charge on any atom is -0.497 e. The van der Waals surface area contributed by atoms with Crippen LogP contribution in [0.2, 0.25) is 0 Å². The van der Waals surface area contributed by atoms with E-state index in [-0.39, 0.29) is 6.10 Å². The van der Waals surface area contributed by atoms with E-state index in [4.69, 9.17) is 19.9 Å². The molecule has 2 aromatic rings. The molecule has 0 aromatic heterocycles. The third-order valence-electron chi connectivity index (χ3n) is 4.65. The number of nitrogens with one attached hydrogen (secondary N) is 1. The Morgan fingerprint density at radius 1 is 1.04 bits per heavy atom. The van der Waals surface area contributed by atoms with Gasteiger partial charge in [0.05, 0.1) is 26.9 Å². The van der Waals surface area contributed by atoms with Crippen molar-refractivity contribution in [3.8, 4) is 17.2 Å². The molecule has 0 spiro atoms. The molecule has 0 saturated heterocycles. The zero-order valence-corrected chi connectivity index (χ0v) is 15.9. The number of guanidine groups is 1. The predicted molar refractivity (Wildman–Crippen MR) is 108 cm³/mol. The molecule has 6 nitrogen and oxygen atoms in total. The van der Waals surface area contributed by atoms with Gasteiger partial charge in [-0.2, -0.15) is 0 Å². The minimum absolute atomic E-state index is 0.273. The Morgan fingerprint density at radius 3 is 2.37 bits per heavy atom. The third kappa shape index (κ3) is 5.29. The van der Waals surface area contributed by atoms with E-state index in [2.05, 4.69) is 10.3 Å². The van der Waals surface area contributed by atoms with Gasteiger partial charge in [0.25, 0.3) is 0 Å². The molecule has 144 valence electrons. The molecule has 0 atom stereocenters. The summed E-state index contributed by atoms with van der Waals surface area (Å²) in [7, 11) is 3.29. The molecule has 1 fully saturated rings. The number of nitrogens with zero attached hydrogens (tertiary/aromatic N) is 1. The molecule has 1 saturated carbocycles. The molecule has 3 N–H and O–H groups in total. The summed E-state index contributed by atoms with van der Waals surface area (Å²) >= 11 is 0. The van der Waals surface area contributed by atoms with Crippen molar-refractivity contribution in [1.29, 1.82) is 0 Å². The van der Waals surface area contributed by atoms with E-state index in [0.717, 1.165) is 41.3 Å². The number of benzene rings is 2. The number of rotatable bonds is 7. The second-order valence-corrected chi connectivity index (χ2v) is 6.55. The Morgan fingerprint density at radius 2 is 1.70 bits per heavy atom. The van der Waals surface area contributed by atoms with Gasteiger partial charge in [-0.3, -0.25) is 0 Å². The van der Waals surface area contributed by atoms with E-state index >= 15 is 0 Å². The number of aliphatic imine (C=N–C) groups is 1. The van der Waals surface area contributed by atoms with E-state index in [1.54, 1.807) is 14.2 Å². The molecule has 0 bridgehead atoms.